The van der Waals surface area contributed by atoms with Crippen LogP contribution in [0.2, 0.25) is 0 Å². The first-order valence-electron chi connectivity index (χ1n) is 8.87. The number of aromatic nitrogens is 2. The topological polar surface area (TPSA) is 77.7 Å². The Bertz CT molecular complexity index is 975. The number of anilines is 1. The van der Waals surface area contributed by atoms with Crippen LogP contribution < -0.4 is 9.64 Å². The predicted molar refractivity (Wildman–Crippen MR) is 103 cm³/mol. The molecule has 8 heteroatoms. The smallest absolute Gasteiger partial charge is 0.298 e. The third-order valence-corrected chi connectivity index (χ3v) is 5.85. The second kappa shape index (κ2) is 7.28. The van der Waals surface area contributed by atoms with Crippen LogP contribution in [0.3, 0.4) is 0 Å². The molecule has 1 unspecified atom stereocenters. The lowest BCUT2D eigenvalue weighted by molar-refractivity contribution is 0.0887. The molecule has 0 saturated carbocycles. The van der Waals surface area contributed by atoms with Gasteiger partial charge in [-0.2, -0.15) is 0 Å². The number of aryl methyl sites for hydroxylation is 2. The number of hydrogen-bond donors (Lipinski definition) is 0. The van der Waals surface area contributed by atoms with Gasteiger partial charge >= 0.3 is 0 Å². The highest BCUT2D eigenvalue weighted by molar-refractivity contribution is 7.22. The molecule has 1 fully saturated rings. The van der Waals surface area contributed by atoms with Crippen LogP contribution in [-0.4, -0.2) is 42.4 Å². The minimum absolute atomic E-state index is 0.00651. The maximum Gasteiger partial charge on any atom is 0.298 e. The van der Waals surface area contributed by atoms with Gasteiger partial charge in [0.15, 0.2) is 5.13 Å². The van der Waals surface area contributed by atoms with E-state index < -0.39 is 0 Å². The van der Waals surface area contributed by atoms with Gasteiger partial charge in [0, 0.05) is 12.7 Å². The molecule has 1 saturated heterocycles. The van der Waals surface area contributed by atoms with E-state index in [0.717, 1.165) is 35.2 Å². The van der Waals surface area contributed by atoms with Crippen molar-refractivity contribution in [2.45, 2.75) is 32.8 Å². The summed E-state index contributed by atoms with van der Waals surface area (Å²) < 4.78 is 17.4. The van der Waals surface area contributed by atoms with E-state index in [-0.39, 0.29) is 17.8 Å². The van der Waals surface area contributed by atoms with E-state index in [1.165, 1.54) is 11.3 Å². The molecule has 0 aliphatic carbocycles. The Kier molecular flexibility index (Phi) is 4.84. The number of nitrogens with zero attached hydrogens (tertiary/aromatic N) is 3. The lowest BCUT2D eigenvalue weighted by atomic mass is 10.2. The van der Waals surface area contributed by atoms with Gasteiger partial charge in [-0.3, -0.25) is 9.69 Å². The molecule has 4 rings (SSSR count). The van der Waals surface area contributed by atoms with Gasteiger partial charge < -0.3 is 14.0 Å². The summed E-state index contributed by atoms with van der Waals surface area (Å²) >= 11 is 1.47. The van der Waals surface area contributed by atoms with E-state index >= 15 is 0 Å². The summed E-state index contributed by atoms with van der Waals surface area (Å²) in [6.07, 6.45) is 1.92. The molecule has 2 aromatic heterocycles. The fourth-order valence-corrected chi connectivity index (χ4v) is 4.27. The van der Waals surface area contributed by atoms with Gasteiger partial charge in [0.2, 0.25) is 5.76 Å². The molecule has 0 radical (unpaired) electrons. The molecule has 1 atom stereocenters. The molecule has 1 aromatic carbocycles. The average molecular weight is 387 g/mol. The minimum Gasteiger partial charge on any atom is -0.494 e. The maximum atomic E-state index is 13.1. The predicted octanol–water partition coefficient (Wildman–Crippen LogP) is 3.74. The first-order valence-corrected chi connectivity index (χ1v) is 9.69. The first-order chi connectivity index (χ1) is 13.1. The van der Waals surface area contributed by atoms with Crippen LogP contribution in [-0.2, 0) is 4.74 Å². The molecule has 3 heterocycles. The number of amides is 1. The van der Waals surface area contributed by atoms with Crippen molar-refractivity contribution in [1.29, 1.82) is 0 Å². The van der Waals surface area contributed by atoms with Crippen molar-refractivity contribution < 1.29 is 18.8 Å². The van der Waals surface area contributed by atoms with Crippen molar-refractivity contribution >= 4 is 32.6 Å². The van der Waals surface area contributed by atoms with Gasteiger partial charge in [0.25, 0.3) is 5.91 Å². The molecule has 0 bridgehead atoms. The summed E-state index contributed by atoms with van der Waals surface area (Å²) in [6.45, 7) is 4.97. The van der Waals surface area contributed by atoms with E-state index in [1.54, 1.807) is 25.0 Å². The molecule has 7 nitrogen and oxygen atoms in total. The Morgan fingerprint density at radius 1 is 1.41 bits per heavy atom. The van der Waals surface area contributed by atoms with Gasteiger partial charge in [-0.05, 0) is 38.3 Å². The van der Waals surface area contributed by atoms with Crippen LogP contribution in [0.1, 0.15) is 34.7 Å². The van der Waals surface area contributed by atoms with E-state index in [9.17, 15) is 4.79 Å². The fraction of sp³-hybridized carbons (Fsp3) is 0.421. The number of rotatable bonds is 5. The number of carbonyl (C=O) groups excluding carboxylic acids is 1. The van der Waals surface area contributed by atoms with Gasteiger partial charge in [-0.1, -0.05) is 22.6 Å². The highest BCUT2D eigenvalue weighted by atomic mass is 32.1. The Balaban J connectivity index is 1.76. The zero-order valence-corrected chi connectivity index (χ0v) is 16.3. The average Bonchev–Trinajstić information content (AvgIpc) is 3.40. The summed E-state index contributed by atoms with van der Waals surface area (Å²) in [7, 11) is 1.62. The molecule has 142 valence electrons. The zero-order chi connectivity index (χ0) is 19.0. The van der Waals surface area contributed by atoms with Crippen molar-refractivity contribution in [3.63, 3.8) is 0 Å². The Morgan fingerprint density at radius 2 is 2.26 bits per heavy atom. The van der Waals surface area contributed by atoms with Gasteiger partial charge in [-0.15, -0.1) is 0 Å². The lowest BCUT2D eigenvalue weighted by Gasteiger charge is -2.21. The van der Waals surface area contributed by atoms with Gasteiger partial charge in [0.1, 0.15) is 11.3 Å². The molecule has 3 aromatic rings. The van der Waals surface area contributed by atoms with E-state index in [4.69, 9.17) is 19.0 Å². The Hall–Kier alpha value is -2.45. The number of benzene rings is 1. The molecule has 0 N–H and O–H groups in total. The van der Waals surface area contributed by atoms with Crippen molar-refractivity contribution in [2.24, 2.45) is 0 Å². The molecule has 1 aliphatic heterocycles. The van der Waals surface area contributed by atoms with E-state index in [0.29, 0.717) is 23.1 Å². The van der Waals surface area contributed by atoms with Crippen LogP contribution >= 0.6 is 11.3 Å². The first kappa shape index (κ1) is 17.9. The quantitative estimate of drug-likeness (QED) is 0.664. The molecular weight excluding hydrogens is 366 g/mol. The van der Waals surface area contributed by atoms with Crippen LogP contribution in [0, 0.1) is 13.8 Å². The van der Waals surface area contributed by atoms with E-state index in [2.05, 4.69) is 5.16 Å². The van der Waals surface area contributed by atoms with Crippen LogP contribution in [0.4, 0.5) is 5.13 Å². The van der Waals surface area contributed by atoms with Crippen molar-refractivity contribution in [2.75, 3.05) is 25.2 Å². The van der Waals surface area contributed by atoms with Crippen molar-refractivity contribution in [1.82, 2.24) is 10.1 Å². The standard InChI is InChI=1S/C19H21N3O4S/c1-11-6-7-14(24-3)16-17(11)27-19(20-16)22(10-13-5-4-8-25-13)18(23)15-9-12(2)21-26-15/h6-7,9,13H,4-5,8,10H2,1-3H3. The zero-order valence-electron chi connectivity index (χ0n) is 15.5. The summed E-state index contributed by atoms with van der Waals surface area (Å²) in [5, 5.41) is 4.44. The summed E-state index contributed by atoms with van der Waals surface area (Å²) in [6, 6.07) is 5.53. The van der Waals surface area contributed by atoms with Crippen LogP contribution in [0.5, 0.6) is 5.75 Å². The van der Waals surface area contributed by atoms with Gasteiger partial charge in [-0.25, -0.2) is 4.98 Å². The monoisotopic (exact) mass is 387 g/mol. The third-order valence-electron chi connectivity index (χ3n) is 4.64. The molecule has 1 aliphatic rings. The summed E-state index contributed by atoms with van der Waals surface area (Å²) in [4.78, 5) is 19.5. The second-order valence-electron chi connectivity index (χ2n) is 6.64. The molecule has 27 heavy (non-hydrogen) atoms. The Labute approximate surface area is 160 Å². The van der Waals surface area contributed by atoms with Crippen LogP contribution in [0.15, 0.2) is 22.7 Å². The number of carbonyl (C=O) groups is 1. The minimum atomic E-state index is -0.262. The largest absolute Gasteiger partial charge is 0.494 e. The number of hydrogen-bond acceptors (Lipinski definition) is 7. The second-order valence-corrected chi connectivity index (χ2v) is 7.62. The maximum absolute atomic E-state index is 13.1. The lowest BCUT2D eigenvalue weighted by Crippen LogP contribution is -2.37. The number of fused-ring (bicyclic) bond motifs is 1. The number of thiazole rings is 1. The summed E-state index contributed by atoms with van der Waals surface area (Å²) in [5.74, 6) is 0.633. The normalized spacial score (nSPS) is 16.8. The van der Waals surface area contributed by atoms with Crippen LogP contribution in [0.25, 0.3) is 10.2 Å². The van der Waals surface area contributed by atoms with Crippen molar-refractivity contribution in [3.05, 3.63) is 35.2 Å². The summed E-state index contributed by atoms with van der Waals surface area (Å²) in [5.41, 5.74) is 2.52. The number of ether oxygens (including phenoxy) is 2. The molecular formula is C19H21N3O4S. The molecule has 0 spiro atoms. The van der Waals surface area contributed by atoms with Gasteiger partial charge in [0.05, 0.1) is 30.2 Å². The highest BCUT2D eigenvalue weighted by Gasteiger charge is 2.29. The molecule has 1 amide bonds. The fourth-order valence-electron chi connectivity index (χ4n) is 3.22. The number of methoxy groups -OCH3 is 1. The van der Waals surface area contributed by atoms with Crippen molar-refractivity contribution in [3.8, 4) is 5.75 Å². The third kappa shape index (κ3) is 3.42. The van der Waals surface area contributed by atoms with E-state index in [1.807, 2.05) is 19.1 Å². The highest BCUT2D eigenvalue weighted by Crippen LogP contribution is 2.37. The SMILES string of the molecule is COc1ccc(C)c2sc(N(CC3CCCO3)C(=O)c3cc(C)no3)nc12. The Morgan fingerprint density at radius 3 is 2.93 bits per heavy atom.